The maximum atomic E-state index is 11.9. The Bertz CT molecular complexity index is 284. The van der Waals surface area contributed by atoms with Crippen LogP contribution in [0.2, 0.25) is 0 Å². The number of hydrogen-bond donors (Lipinski definition) is 1. The molecule has 15 heavy (non-hydrogen) atoms. The molecule has 0 heterocycles. The van der Waals surface area contributed by atoms with Gasteiger partial charge in [0.15, 0.2) is 6.10 Å². The van der Waals surface area contributed by atoms with Gasteiger partial charge in [-0.15, -0.1) is 0 Å². The molecule has 0 bridgehead atoms. The van der Waals surface area contributed by atoms with E-state index in [1.165, 1.54) is 0 Å². The minimum atomic E-state index is -4.58. The van der Waals surface area contributed by atoms with Crippen molar-refractivity contribution in [2.24, 2.45) is 0 Å². The topological polar surface area (TPSA) is 29.5 Å². The molecular formula is C10H10F3O2. The van der Waals surface area contributed by atoms with Crippen LogP contribution in [0.3, 0.4) is 0 Å². The van der Waals surface area contributed by atoms with Gasteiger partial charge >= 0.3 is 6.18 Å². The van der Waals surface area contributed by atoms with Gasteiger partial charge in [-0.05, 0) is 18.2 Å². The zero-order valence-corrected chi connectivity index (χ0v) is 7.79. The summed E-state index contributed by atoms with van der Waals surface area (Å²) < 4.78 is 40.6. The fourth-order valence-electron chi connectivity index (χ4n) is 0.920. The van der Waals surface area contributed by atoms with E-state index >= 15 is 0 Å². The van der Waals surface area contributed by atoms with Gasteiger partial charge in [-0.1, -0.05) is 12.1 Å². The first kappa shape index (κ1) is 11.8. The summed E-state index contributed by atoms with van der Waals surface area (Å²) in [5, 5.41) is 8.65. The van der Waals surface area contributed by atoms with Gasteiger partial charge in [0.25, 0.3) is 0 Å². The van der Waals surface area contributed by atoms with Crippen molar-refractivity contribution in [3.8, 4) is 5.75 Å². The van der Waals surface area contributed by atoms with E-state index in [-0.39, 0.29) is 6.61 Å². The summed E-state index contributed by atoms with van der Waals surface area (Å²) >= 11 is 0. The van der Waals surface area contributed by atoms with Crippen molar-refractivity contribution in [2.45, 2.75) is 18.7 Å². The van der Waals surface area contributed by atoms with E-state index < -0.39 is 18.7 Å². The van der Waals surface area contributed by atoms with Crippen molar-refractivity contribution in [1.29, 1.82) is 0 Å². The normalized spacial score (nSPS) is 13.6. The summed E-state index contributed by atoms with van der Waals surface area (Å²) in [6, 6.07) is 9.10. The first-order chi connectivity index (χ1) is 7.00. The highest BCUT2D eigenvalue weighted by Gasteiger charge is 2.37. The van der Waals surface area contributed by atoms with E-state index in [0.717, 1.165) is 0 Å². The molecule has 83 valence electrons. The van der Waals surface area contributed by atoms with Crippen LogP contribution in [0.5, 0.6) is 5.75 Å². The van der Waals surface area contributed by atoms with Crippen molar-refractivity contribution in [3.05, 3.63) is 30.3 Å². The number of ether oxygens (including phenoxy) is 1. The molecule has 1 rings (SSSR count). The van der Waals surface area contributed by atoms with Gasteiger partial charge in [-0.2, -0.15) is 13.2 Å². The van der Waals surface area contributed by atoms with Gasteiger partial charge in [0.05, 0.1) is 6.61 Å². The minimum absolute atomic E-state index is 0.176. The van der Waals surface area contributed by atoms with Gasteiger partial charge < -0.3 is 9.84 Å². The molecule has 0 saturated carbocycles. The Labute approximate surface area is 85.3 Å². The molecule has 0 aliphatic heterocycles. The summed E-state index contributed by atoms with van der Waals surface area (Å²) in [6.45, 7) is -0.176. The van der Waals surface area contributed by atoms with Crippen LogP contribution in [0.1, 0.15) is 6.42 Å². The Morgan fingerprint density at radius 3 is 2.47 bits per heavy atom. The highest BCUT2D eigenvalue weighted by atomic mass is 19.4. The molecule has 1 N–H and O–H groups in total. The van der Waals surface area contributed by atoms with Crippen molar-refractivity contribution in [1.82, 2.24) is 0 Å². The van der Waals surface area contributed by atoms with E-state index in [1.54, 1.807) is 24.3 Å². The molecule has 0 unspecified atom stereocenters. The van der Waals surface area contributed by atoms with Crippen LogP contribution in [0.15, 0.2) is 24.3 Å². The van der Waals surface area contributed by atoms with E-state index in [4.69, 9.17) is 9.84 Å². The zero-order chi connectivity index (χ0) is 11.3. The van der Waals surface area contributed by atoms with Crippen LogP contribution in [0.4, 0.5) is 13.2 Å². The fraction of sp³-hybridized carbons (Fsp3) is 0.400. The molecule has 5 heteroatoms. The Morgan fingerprint density at radius 2 is 1.93 bits per heavy atom. The predicted octanol–water partition coefficient (Wildman–Crippen LogP) is 2.18. The molecule has 0 spiro atoms. The van der Waals surface area contributed by atoms with Gasteiger partial charge in [0.2, 0.25) is 0 Å². The van der Waals surface area contributed by atoms with Crippen molar-refractivity contribution < 1.29 is 23.0 Å². The lowest BCUT2D eigenvalue weighted by Crippen LogP contribution is -2.30. The van der Waals surface area contributed by atoms with Crippen LogP contribution in [0, 0.1) is 6.07 Å². The molecule has 1 aromatic carbocycles. The van der Waals surface area contributed by atoms with E-state index in [2.05, 4.69) is 6.07 Å². The molecular weight excluding hydrogens is 209 g/mol. The monoisotopic (exact) mass is 219 g/mol. The molecule has 0 aliphatic rings. The summed E-state index contributed by atoms with van der Waals surface area (Å²) in [5.41, 5.74) is 0. The maximum absolute atomic E-state index is 11.9. The number of hydrogen-bond acceptors (Lipinski definition) is 2. The molecule has 1 atom stereocenters. The third kappa shape index (κ3) is 4.20. The summed E-state index contributed by atoms with van der Waals surface area (Å²) in [4.78, 5) is 0. The van der Waals surface area contributed by atoms with Crippen molar-refractivity contribution >= 4 is 0 Å². The summed E-state index contributed by atoms with van der Waals surface area (Å²) in [6.07, 6.45) is -7.37. The maximum Gasteiger partial charge on any atom is 0.414 e. The average molecular weight is 219 g/mol. The number of aliphatic hydroxyl groups excluding tert-OH is 1. The SMILES string of the molecule is O[C@H](CCOc1cc[c]cc1)C(F)(F)F. The predicted molar refractivity (Wildman–Crippen MR) is 47.5 cm³/mol. The Balaban J connectivity index is 2.28. The third-order valence-corrected chi connectivity index (χ3v) is 1.73. The standard InChI is InChI=1S/C10H10F3O2/c11-10(12,13)9(14)6-7-15-8-4-2-1-3-5-8/h2-5,9,14H,6-7H2/t9-/m1/s1. The zero-order valence-electron chi connectivity index (χ0n) is 7.79. The van der Waals surface area contributed by atoms with Crippen molar-refractivity contribution in [2.75, 3.05) is 6.61 Å². The van der Waals surface area contributed by atoms with Crippen LogP contribution >= 0.6 is 0 Å². The van der Waals surface area contributed by atoms with Crippen LogP contribution in [-0.2, 0) is 0 Å². The van der Waals surface area contributed by atoms with E-state index in [9.17, 15) is 13.2 Å². The van der Waals surface area contributed by atoms with Crippen LogP contribution in [0.25, 0.3) is 0 Å². The number of halogens is 3. The van der Waals surface area contributed by atoms with Crippen LogP contribution < -0.4 is 4.74 Å². The first-order valence-corrected chi connectivity index (χ1v) is 4.34. The molecule has 1 radical (unpaired) electrons. The second-order valence-electron chi connectivity index (χ2n) is 2.93. The lowest BCUT2D eigenvalue weighted by Gasteiger charge is -2.14. The van der Waals surface area contributed by atoms with E-state index in [1.807, 2.05) is 0 Å². The Morgan fingerprint density at radius 1 is 1.33 bits per heavy atom. The van der Waals surface area contributed by atoms with E-state index in [0.29, 0.717) is 5.75 Å². The molecule has 1 aromatic rings. The Hall–Kier alpha value is -1.23. The molecule has 0 saturated heterocycles. The molecule has 0 fully saturated rings. The molecule has 2 nitrogen and oxygen atoms in total. The highest BCUT2D eigenvalue weighted by molar-refractivity contribution is 5.20. The quantitative estimate of drug-likeness (QED) is 0.841. The smallest absolute Gasteiger partial charge is 0.414 e. The van der Waals surface area contributed by atoms with Gasteiger partial charge in [-0.3, -0.25) is 0 Å². The van der Waals surface area contributed by atoms with Crippen LogP contribution in [-0.4, -0.2) is 24.0 Å². The molecule has 0 amide bonds. The number of aliphatic hydroxyl groups is 1. The van der Waals surface area contributed by atoms with Gasteiger partial charge in [0.1, 0.15) is 5.75 Å². The highest BCUT2D eigenvalue weighted by Crippen LogP contribution is 2.22. The number of rotatable bonds is 4. The largest absolute Gasteiger partial charge is 0.493 e. The first-order valence-electron chi connectivity index (χ1n) is 4.34. The number of alkyl halides is 3. The lowest BCUT2D eigenvalue weighted by atomic mass is 10.2. The minimum Gasteiger partial charge on any atom is -0.493 e. The molecule has 0 aromatic heterocycles. The number of benzene rings is 1. The second-order valence-corrected chi connectivity index (χ2v) is 2.93. The third-order valence-electron chi connectivity index (χ3n) is 1.73. The summed E-state index contributed by atoms with van der Waals surface area (Å²) in [5.74, 6) is 0.461. The molecule has 0 aliphatic carbocycles. The Kier molecular flexibility index (Phi) is 3.96. The average Bonchev–Trinajstić information content (AvgIpc) is 2.18. The van der Waals surface area contributed by atoms with Gasteiger partial charge in [0, 0.05) is 6.42 Å². The fourth-order valence-corrected chi connectivity index (χ4v) is 0.920. The van der Waals surface area contributed by atoms with Gasteiger partial charge in [-0.25, -0.2) is 0 Å². The van der Waals surface area contributed by atoms with Crippen molar-refractivity contribution in [3.63, 3.8) is 0 Å². The lowest BCUT2D eigenvalue weighted by molar-refractivity contribution is -0.206. The second kappa shape index (κ2) is 5.02. The summed E-state index contributed by atoms with van der Waals surface area (Å²) in [7, 11) is 0.